The average Bonchev–Trinajstić information content (AvgIpc) is 2.75. The van der Waals surface area contributed by atoms with Gasteiger partial charge in [-0.1, -0.05) is 43.5 Å². The minimum absolute atomic E-state index is 0.0366. The first-order valence-electron chi connectivity index (χ1n) is 9.90. The van der Waals surface area contributed by atoms with Crippen LogP contribution in [0.25, 0.3) is 0 Å². The zero-order valence-corrected chi connectivity index (χ0v) is 17.4. The standard InChI is InChI=1S/C22H28N2O3S/c1-3-24(20-14-8-5-9-15-20)22(25)18-11-10-16-21(17-18)28(26,27)23(2)19-12-6-4-7-13-19/h5,8-11,14-17,19H,3-4,6-7,12-13H2,1-2H3. The number of carbonyl (C=O) groups excluding carboxylic acids is 1. The van der Waals surface area contributed by atoms with Crippen LogP contribution in [0.3, 0.4) is 0 Å². The molecule has 2 aromatic rings. The molecule has 2 aromatic carbocycles. The van der Waals surface area contributed by atoms with Gasteiger partial charge in [-0.2, -0.15) is 4.31 Å². The maximum Gasteiger partial charge on any atom is 0.258 e. The molecule has 0 bridgehead atoms. The van der Waals surface area contributed by atoms with E-state index in [1.165, 1.54) is 16.8 Å². The Morgan fingerprint density at radius 2 is 1.68 bits per heavy atom. The number of nitrogens with zero attached hydrogens (tertiary/aromatic N) is 2. The molecule has 0 unspecified atom stereocenters. The quantitative estimate of drug-likeness (QED) is 0.726. The average molecular weight is 401 g/mol. The number of rotatable bonds is 6. The minimum Gasteiger partial charge on any atom is -0.309 e. The summed E-state index contributed by atoms with van der Waals surface area (Å²) in [6, 6.07) is 15.8. The van der Waals surface area contributed by atoms with Crippen LogP contribution in [-0.2, 0) is 10.0 Å². The van der Waals surface area contributed by atoms with Crippen LogP contribution >= 0.6 is 0 Å². The van der Waals surface area contributed by atoms with Crippen LogP contribution < -0.4 is 4.90 Å². The fraction of sp³-hybridized carbons (Fsp3) is 0.409. The first-order valence-corrected chi connectivity index (χ1v) is 11.3. The van der Waals surface area contributed by atoms with Gasteiger partial charge in [0.25, 0.3) is 5.91 Å². The number of carbonyl (C=O) groups is 1. The van der Waals surface area contributed by atoms with E-state index >= 15 is 0 Å². The molecule has 1 aliphatic carbocycles. The Morgan fingerprint density at radius 3 is 2.32 bits per heavy atom. The monoisotopic (exact) mass is 400 g/mol. The van der Waals surface area contributed by atoms with E-state index < -0.39 is 10.0 Å². The lowest BCUT2D eigenvalue weighted by Crippen LogP contribution is -2.38. The van der Waals surface area contributed by atoms with Gasteiger partial charge in [0.1, 0.15) is 0 Å². The largest absolute Gasteiger partial charge is 0.309 e. The van der Waals surface area contributed by atoms with Gasteiger partial charge in [0.05, 0.1) is 4.90 Å². The van der Waals surface area contributed by atoms with Crippen molar-refractivity contribution < 1.29 is 13.2 Å². The topological polar surface area (TPSA) is 57.7 Å². The maximum atomic E-state index is 13.1. The Balaban J connectivity index is 1.87. The van der Waals surface area contributed by atoms with Crippen LogP contribution in [0, 0.1) is 0 Å². The number of benzene rings is 2. The van der Waals surface area contributed by atoms with Crippen molar-refractivity contribution in [1.82, 2.24) is 4.31 Å². The van der Waals surface area contributed by atoms with Crippen molar-refractivity contribution in [2.75, 3.05) is 18.5 Å². The van der Waals surface area contributed by atoms with Crippen molar-refractivity contribution in [2.24, 2.45) is 0 Å². The zero-order chi connectivity index (χ0) is 20.1. The van der Waals surface area contributed by atoms with Crippen LogP contribution in [0.1, 0.15) is 49.4 Å². The van der Waals surface area contributed by atoms with E-state index in [4.69, 9.17) is 0 Å². The second kappa shape index (κ2) is 8.88. The van der Waals surface area contributed by atoms with Gasteiger partial charge < -0.3 is 4.90 Å². The van der Waals surface area contributed by atoms with Crippen LogP contribution in [0.2, 0.25) is 0 Å². The number of hydrogen-bond donors (Lipinski definition) is 0. The van der Waals surface area contributed by atoms with E-state index in [0.717, 1.165) is 31.4 Å². The predicted octanol–water partition coefficient (Wildman–Crippen LogP) is 4.31. The number of sulfonamides is 1. The number of anilines is 1. The van der Waals surface area contributed by atoms with Crippen LogP contribution in [-0.4, -0.2) is 38.3 Å². The van der Waals surface area contributed by atoms with E-state index in [1.54, 1.807) is 30.1 Å². The van der Waals surface area contributed by atoms with E-state index in [9.17, 15) is 13.2 Å². The Labute approximate surface area is 168 Å². The van der Waals surface area contributed by atoms with Gasteiger partial charge in [-0.3, -0.25) is 4.79 Å². The summed E-state index contributed by atoms with van der Waals surface area (Å²) in [4.78, 5) is 14.9. The summed E-state index contributed by atoms with van der Waals surface area (Å²) < 4.78 is 27.7. The molecule has 6 heteroatoms. The normalized spacial score (nSPS) is 15.5. The lowest BCUT2D eigenvalue weighted by molar-refractivity contribution is 0.0988. The van der Waals surface area contributed by atoms with Gasteiger partial charge >= 0.3 is 0 Å². The molecule has 0 aromatic heterocycles. The molecule has 28 heavy (non-hydrogen) atoms. The minimum atomic E-state index is -3.63. The first kappa shape index (κ1) is 20.6. The lowest BCUT2D eigenvalue weighted by Gasteiger charge is -2.30. The van der Waals surface area contributed by atoms with E-state index in [-0.39, 0.29) is 16.8 Å². The molecule has 5 nitrogen and oxygen atoms in total. The second-order valence-electron chi connectivity index (χ2n) is 7.23. The highest BCUT2D eigenvalue weighted by Gasteiger charge is 2.29. The third kappa shape index (κ3) is 4.28. The Morgan fingerprint density at radius 1 is 1.00 bits per heavy atom. The zero-order valence-electron chi connectivity index (χ0n) is 16.5. The Bertz CT molecular complexity index is 906. The molecule has 0 N–H and O–H groups in total. The molecule has 1 aliphatic rings. The Hall–Kier alpha value is -2.18. The van der Waals surface area contributed by atoms with Crippen molar-refractivity contribution in [3.8, 4) is 0 Å². The predicted molar refractivity (Wildman–Crippen MR) is 112 cm³/mol. The van der Waals surface area contributed by atoms with E-state index in [2.05, 4.69) is 0 Å². The van der Waals surface area contributed by atoms with Gasteiger partial charge in [0, 0.05) is 30.9 Å². The molecule has 0 saturated heterocycles. The summed E-state index contributed by atoms with van der Waals surface area (Å²) in [5.41, 5.74) is 1.17. The smallest absolute Gasteiger partial charge is 0.258 e. The van der Waals surface area contributed by atoms with Crippen LogP contribution in [0.15, 0.2) is 59.5 Å². The van der Waals surface area contributed by atoms with Crippen molar-refractivity contribution in [2.45, 2.75) is 50.0 Å². The molecule has 0 spiro atoms. The van der Waals surface area contributed by atoms with Gasteiger partial charge in [0.15, 0.2) is 0 Å². The highest BCUT2D eigenvalue weighted by Crippen LogP contribution is 2.27. The summed E-state index contributed by atoms with van der Waals surface area (Å²) in [6.07, 6.45) is 5.08. The van der Waals surface area contributed by atoms with E-state index in [1.807, 2.05) is 37.3 Å². The molecule has 0 radical (unpaired) electrons. The third-order valence-electron chi connectivity index (χ3n) is 5.48. The molecular formula is C22H28N2O3S. The molecule has 150 valence electrons. The highest BCUT2D eigenvalue weighted by molar-refractivity contribution is 7.89. The molecule has 0 aliphatic heterocycles. The van der Waals surface area contributed by atoms with Crippen molar-refractivity contribution >= 4 is 21.6 Å². The molecule has 1 amide bonds. The first-order chi connectivity index (χ1) is 13.4. The molecule has 1 fully saturated rings. The van der Waals surface area contributed by atoms with Crippen LogP contribution in [0.4, 0.5) is 5.69 Å². The van der Waals surface area contributed by atoms with Gasteiger partial charge in [-0.25, -0.2) is 8.42 Å². The summed E-state index contributed by atoms with van der Waals surface area (Å²) in [5, 5.41) is 0. The SMILES string of the molecule is CCN(C(=O)c1cccc(S(=O)(=O)N(C)C2CCCCC2)c1)c1ccccc1. The number of hydrogen-bond acceptors (Lipinski definition) is 3. The lowest BCUT2D eigenvalue weighted by atomic mass is 9.96. The maximum absolute atomic E-state index is 13.1. The van der Waals surface area contributed by atoms with Gasteiger partial charge in [-0.15, -0.1) is 0 Å². The fourth-order valence-corrected chi connectivity index (χ4v) is 5.27. The van der Waals surface area contributed by atoms with E-state index in [0.29, 0.717) is 12.1 Å². The van der Waals surface area contributed by atoms with Crippen molar-refractivity contribution in [3.05, 3.63) is 60.2 Å². The number of amides is 1. The number of para-hydroxylation sites is 1. The second-order valence-corrected chi connectivity index (χ2v) is 9.22. The van der Waals surface area contributed by atoms with Crippen molar-refractivity contribution in [3.63, 3.8) is 0 Å². The van der Waals surface area contributed by atoms with Crippen LogP contribution in [0.5, 0.6) is 0 Å². The molecule has 0 atom stereocenters. The summed E-state index contributed by atoms with van der Waals surface area (Å²) in [7, 11) is -1.97. The molecule has 3 rings (SSSR count). The third-order valence-corrected chi connectivity index (χ3v) is 7.38. The molecule has 0 heterocycles. The Kier molecular flexibility index (Phi) is 6.52. The summed E-state index contributed by atoms with van der Waals surface area (Å²) >= 11 is 0. The van der Waals surface area contributed by atoms with Gasteiger partial charge in [-0.05, 0) is 50.1 Å². The molecular weight excluding hydrogens is 372 g/mol. The van der Waals surface area contributed by atoms with Crippen molar-refractivity contribution in [1.29, 1.82) is 0 Å². The summed E-state index contributed by atoms with van der Waals surface area (Å²) in [5.74, 6) is -0.203. The summed E-state index contributed by atoms with van der Waals surface area (Å²) in [6.45, 7) is 2.41. The fourth-order valence-electron chi connectivity index (χ4n) is 3.80. The van der Waals surface area contributed by atoms with Gasteiger partial charge in [0.2, 0.25) is 10.0 Å². The highest BCUT2D eigenvalue weighted by atomic mass is 32.2. The molecule has 1 saturated carbocycles.